The summed E-state index contributed by atoms with van der Waals surface area (Å²) in [6.45, 7) is 7.69. The van der Waals surface area contributed by atoms with Crippen LogP contribution >= 0.6 is 0 Å². The standard InChI is InChI=1S/C15H24N2O3/c1-4-7-10-16-15(18)17-13-11-12(19-5-2)8-9-14(13)20-6-3/h8-9,11H,4-7,10H2,1-3H3,(H2,16,17,18). The van der Waals surface area contributed by atoms with Crippen LogP contribution in [0.5, 0.6) is 11.5 Å². The first-order valence-corrected chi connectivity index (χ1v) is 7.15. The number of ether oxygens (including phenoxy) is 2. The molecule has 0 spiro atoms. The van der Waals surface area contributed by atoms with Gasteiger partial charge in [0, 0.05) is 12.6 Å². The van der Waals surface area contributed by atoms with Gasteiger partial charge in [0.2, 0.25) is 0 Å². The molecule has 0 saturated carbocycles. The summed E-state index contributed by atoms with van der Waals surface area (Å²) in [6.07, 6.45) is 2.01. The minimum atomic E-state index is -0.229. The van der Waals surface area contributed by atoms with Crippen molar-refractivity contribution in [2.75, 3.05) is 25.1 Å². The topological polar surface area (TPSA) is 59.6 Å². The molecule has 1 aromatic carbocycles. The molecule has 112 valence electrons. The minimum Gasteiger partial charge on any atom is -0.494 e. The van der Waals surface area contributed by atoms with Crippen LogP contribution in [0.3, 0.4) is 0 Å². The van der Waals surface area contributed by atoms with E-state index in [1.165, 1.54) is 0 Å². The number of carbonyl (C=O) groups excluding carboxylic acids is 1. The highest BCUT2D eigenvalue weighted by atomic mass is 16.5. The molecule has 0 radical (unpaired) electrons. The summed E-state index contributed by atoms with van der Waals surface area (Å²) in [6, 6.07) is 5.17. The SMILES string of the molecule is CCCCNC(=O)Nc1cc(OCC)ccc1OCC. The van der Waals surface area contributed by atoms with Crippen molar-refractivity contribution in [3.63, 3.8) is 0 Å². The molecule has 20 heavy (non-hydrogen) atoms. The third kappa shape index (κ3) is 5.38. The highest BCUT2D eigenvalue weighted by Gasteiger charge is 2.09. The summed E-state index contributed by atoms with van der Waals surface area (Å²) in [5.74, 6) is 1.35. The highest BCUT2D eigenvalue weighted by Crippen LogP contribution is 2.29. The monoisotopic (exact) mass is 280 g/mol. The van der Waals surface area contributed by atoms with Crippen LogP contribution in [0.2, 0.25) is 0 Å². The van der Waals surface area contributed by atoms with Crippen LogP contribution in [0.15, 0.2) is 18.2 Å². The number of rotatable bonds is 8. The number of benzene rings is 1. The predicted molar refractivity (Wildman–Crippen MR) is 80.7 cm³/mol. The van der Waals surface area contributed by atoms with E-state index in [1.54, 1.807) is 12.1 Å². The average molecular weight is 280 g/mol. The van der Waals surface area contributed by atoms with Crippen molar-refractivity contribution >= 4 is 11.7 Å². The van der Waals surface area contributed by atoms with Crippen LogP contribution in [0.1, 0.15) is 33.6 Å². The third-order valence-corrected chi connectivity index (χ3v) is 2.63. The van der Waals surface area contributed by atoms with Crippen LogP contribution < -0.4 is 20.1 Å². The first-order chi connectivity index (χ1) is 9.71. The predicted octanol–water partition coefficient (Wildman–Crippen LogP) is 3.41. The highest BCUT2D eigenvalue weighted by molar-refractivity contribution is 5.91. The molecule has 2 amide bonds. The summed E-state index contributed by atoms with van der Waals surface area (Å²) in [5.41, 5.74) is 0.617. The van der Waals surface area contributed by atoms with Crippen molar-refractivity contribution < 1.29 is 14.3 Å². The van der Waals surface area contributed by atoms with Gasteiger partial charge in [0.15, 0.2) is 0 Å². The second-order valence-electron chi connectivity index (χ2n) is 4.26. The van der Waals surface area contributed by atoms with Gasteiger partial charge in [0.1, 0.15) is 11.5 Å². The van der Waals surface area contributed by atoms with Crippen molar-refractivity contribution in [3.8, 4) is 11.5 Å². The van der Waals surface area contributed by atoms with E-state index in [2.05, 4.69) is 17.6 Å². The van der Waals surface area contributed by atoms with Crippen LogP contribution in [-0.4, -0.2) is 25.8 Å². The third-order valence-electron chi connectivity index (χ3n) is 2.63. The molecular weight excluding hydrogens is 256 g/mol. The smallest absolute Gasteiger partial charge is 0.319 e. The van der Waals surface area contributed by atoms with Gasteiger partial charge in [-0.05, 0) is 32.4 Å². The fourth-order valence-corrected chi connectivity index (χ4v) is 1.69. The zero-order valence-corrected chi connectivity index (χ0v) is 12.5. The van der Waals surface area contributed by atoms with E-state index in [4.69, 9.17) is 9.47 Å². The van der Waals surface area contributed by atoms with E-state index in [0.29, 0.717) is 36.9 Å². The van der Waals surface area contributed by atoms with Gasteiger partial charge in [0.05, 0.1) is 18.9 Å². The number of urea groups is 1. The number of amides is 2. The quantitative estimate of drug-likeness (QED) is 0.717. The Bertz CT molecular complexity index is 422. The van der Waals surface area contributed by atoms with E-state index in [-0.39, 0.29) is 6.03 Å². The number of unbranched alkanes of at least 4 members (excludes halogenated alkanes) is 1. The van der Waals surface area contributed by atoms with Crippen molar-refractivity contribution in [2.24, 2.45) is 0 Å². The molecule has 0 heterocycles. The average Bonchev–Trinajstić information content (AvgIpc) is 2.42. The maximum Gasteiger partial charge on any atom is 0.319 e. The lowest BCUT2D eigenvalue weighted by atomic mass is 10.2. The van der Waals surface area contributed by atoms with E-state index < -0.39 is 0 Å². The Morgan fingerprint density at radius 1 is 1.15 bits per heavy atom. The first kappa shape index (κ1) is 16.1. The molecule has 1 rings (SSSR count). The lowest BCUT2D eigenvalue weighted by Crippen LogP contribution is -2.29. The first-order valence-electron chi connectivity index (χ1n) is 7.15. The lowest BCUT2D eigenvalue weighted by Gasteiger charge is -2.14. The number of carbonyl (C=O) groups is 1. The summed E-state index contributed by atoms with van der Waals surface area (Å²) in [5, 5.41) is 5.60. The number of hydrogen-bond acceptors (Lipinski definition) is 3. The molecule has 0 aliphatic rings. The zero-order valence-electron chi connectivity index (χ0n) is 12.5. The summed E-state index contributed by atoms with van der Waals surface area (Å²) < 4.78 is 10.9. The van der Waals surface area contributed by atoms with Gasteiger partial charge in [-0.1, -0.05) is 13.3 Å². The molecule has 5 heteroatoms. The molecule has 5 nitrogen and oxygen atoms in total. The number of hydrogen-bond donors (Lipinski definition) is 2. The molecule has 0 atom stereocenters. The van der Waals surface area contributed by atoms with Gasteiger partial charge in [-0.15, -0.1) is 0 Å². The van der Waals surface area contributed by atoms with Gasteiger partial charge < -0.3 is 20.1 Å². The van der Waals surface area contributed by atoms with Crippen LogP contribution in [0, 0.1) is 0 Å². The Morgan fingerprint density at radius 3 is 2.55 bits per heavy atom. The number of nitrogens with one attached hydrogen (secondary N) is 2. The molecule has 0 fully saturated rings. The summed E-state index contributed by atoms with van der Waals surface area (Å²) in [4.78, 5) is 11.8. The van der Waals surface area contributed by atoms with Crippen molar-refractivity contribution in [2.45, 2.75) is 33.6 Å². The maximum atomic E-state index is 11.8. The Balaban J connectivity index is 2.72. The number of anilines is 1. The van der Waals surface area contributed by atoms with Gasteiger partial charge >= 0.3 is 6.03 Å². The van der Waals surface area contributed by atoms with Crippen LogP contribution in [0.25, 0.3) is 0 Å². The largest absolute Gasteiger partial charge is 0.494 e. The van der Waals surface area contributed by atoms with Crippen molar-refractivity contribution in [1.82, 2.24) is 5.32 Å². The molecule has 0 aromatic heterocycles. The Kier molecular flexibility index (Phi) is 7.32. The molecule has 0 bridgehead atoms. The molecule has 0 aliphatic heterocycles. The van der Waals surface area contributed by atoms with E-state index in [9.17, 15) is 4.79 Å². The molecule has 0 saturated heterocycles. The second-order valence-corrected chi connectivity index (χ2v) is 4.26. The second kappa shape index (κ2) is 9.07. The van der Waals surface area contributed by atoms with Gasteiger partial charge in [-0.3, -0.25) is 0 Å². The zero-order chi connectivity index (χ0) is 14.8. The van der Waals surface area contributed by atoms with E-state index in [1.807, 2.05) is 19.9 Å². The molecule has 0 unspecified atom stereocenters. The summed E-state index contributed by atoms with van der Waals surface area (Å²) in [7, 11) is 0. The lowest BCUT2D eigenvalue weighted by molar-refractivity contribution is 0.251. The van der Waals surface area contributed by atoms with Crippen LogP contribution in [0.4, 0.5) is 10.5 Å². The Hall–Kier alpha value is -1.91. The van der Waals surface area contributed by atoms with Crippen LogP contribution in [-0.2, 0) is 0 Å². The van der Waals surface area contributed by atoms with E-state index >= 15 is 0 Å². The maximum absolute atomic E-state index is 11.8. The molecule has 0 aliphatic carbocycles. The normalized spacial score (nSPS) is 9.95. The van der Waals surface area contributed by atoms with Gasteiger partial charge in [-0.2, -0.15) is 0 Å². The fourth-order valence-electron chi connectivity index (χ4n) is 1.69. The Morgan fingerprint density at radius 2 is 1.90 bits per heavy atom. The van der Waals surface area contributed by atoms with Gasteiger partial charge in [0.25, 0.3) is 0 Å². The van der Waals surface area contributed by atoms with Gasteiger partial charge in [-0.25, -0.2) is 4.79 Å². The van der Waals surface area contributed by atoms with Crippen molar-refractivity contribution in [3.05, 3.63) is 18.2 Å². The molecule has 1 aromatic rings. The van der Waals surface area contributed by atoms with Crippen molar-refractivity contribution in [1.29, 1.82) is 0 Å². The Labute approximate surface area is 120 Å². The summed E-state index contributed by atoms with van der Waals surface area (Å²) >= 11 is 0. The minimum absolute atomic E-state index is 0.229. The molecular formula is C15H24N2O3. The fraction of sp³-hybridized carbons (Fsp3) is 0.533. The molecule has 2 N–H and O–H groups in total. The van der Waals surface area contributed by atoms with E-state index in [0.717, 1.165) is 12.8 Å².